The van der Waals surface area contributed by atoms with Gasteiger partial charge in [0.05, 0.1) is 6.61 Å². The minimum absolute atomic E-state index is 0.0125. The van der Waals surface area contributed by atoms with Crippen molar-refractivity contribution in [1.29, 1.82) is 5.26 Å². The Balaban J connectivity index is 4.04. The summed E-state index contributed by atoms with van der Waals surface area (Å²) in [4.78, 5) is 21.0. The average Bonchev–Trinajstić information content (AvgIpc) is 2.94. The predicted molar refractivity (Wildman–Crippen MR) is 170 cm³/mol. The van der Waals surface area contributed by atoms with Crippen LogP contribution in [-0.4, -0.2) is 68.6 Å². The first kappa shape index (κ1) is 38.2. The molecule has 0 rings (SSSR count). The molecule has 0 saturated carbocycles. The Morgan fingerprint density at radius 1 is 0.700 bits per heavy atom. The molecule has 0 saturated heterocycles. The number of ether oxygens (including phenoxy) is 1. The molecular formula is C33H65N5O2. The third-order valence-corrected chi connectivity index (χ3v) is 7.43. The van der Waals surface area contributed by atoms with Crippen LogP contribution in [0.15, 0.2) is 4.99 Å². The maximum atomic E-state index is 12.0. The molecule has 0 aliphatic rings. The lowest BCUT2D eigenvalue weighted by Gasteiger charge is -2.22. The van der Waals surface area contributed by atoms with Gasteiger partial charge in [-0.25, -0.2) is 0 Å². The van der Waals surface area contributed by atoms with Crippen molar-refractivity contribution < 1.29 is 9.53 Å². The van der Waals surface area contributed by atoms with Gasteiger partial charge in [-0.15, -0.1) is 0 Å². The number of carbonyl (C=O) groups is 1. The highest BCUT2D eigenvalue weighted by atomic mass is 16.5. The van der Waals surface area contributed by atoms with Crippen LogP contribution < -0.4 is 5.32 Å². The molecule has 0 aliphatic heterocycles. The molecule has 0 unspecified atom stereocenters. The number of esters is 1. The summed E-state index contributed by atoms with van der Waals surface area (Å²) in [5, 5.41) is 11.5. The number of aliphatic imine (C=N–C) groups is 1. The second-order valence-electron chi connectivity index (χ2n) is 11.5. The average molecular weight is 564 g/mol. The Hall–Kier alpha value is -1.81. The lowest BCUT2D eigenvalue weighted by Crippen LogP contribution is -2.33. The molecular weight excluding hydrogens is 498 g/mol. The minimum Gasteiger partial charge on any atom is -0.466 e. The standard InChI is InChI=1S/C33H65N5O2/c1-5-7-9-11-13-18-24-30-40-32(39)25-19-15-14-17-22-28-38(27-21-16-12-10-8-6-2)29-23-20-26-35-33(36-31-34)37(3)4/h5-30H2,1-4H3,(H,35,36). The third kappa shape index (κ3) is 26.4. The van der Waals surface area contributed by atoms with Crippen LogP contribution in [0.1, 0.15) is 149 Å². The summed E-state index contributed by atoms with van der Waals surface area (Å²) in [5.74, 6) is 0.620. The van der Waals surface area contributed by atoms with Crippen LogP contribution in [-0.2, 0) is 9.53 Å². The summed E-state index contributed by atoms with van der Waals surface area (Å²) in [5.41, 5.74) is 0. The molecule has 234 valence electrons. The lowest BCUT2D eigenvalue weighted by molar-refractivity contribution is -0.143. The van der Waals surface area contributed by atoms with Crippen molar-refractivity contribution in [3.63, 3.8) is 0 Å². The van der Waals surface area contributed by atoms with Gasteiger partial charge in [-0.05, 0) is 58.2 Å². The summed E-state index contributed by atoms with van der Waals surface area (Å²) in [6.45, 7) is 9.34. The molecule has 0 aliphatic carbocycles. The fourth-order valence-electron chi connectivity index (χ4n) is 4.88. The molecule has 0 bridgehead atoms. The summed E-state index contributed by atoms with van der Waals surface area (Å²) >= 11 is 0. The highest BCUT2D eigenvalue weighted by molar-refractivity contribution is 5.80. The Labute approximate surface area is 248 Å². The Bertz CT molecular complexity index is 633. The molecule has 0 atom stereocenters. The highest BCUT2D eigenvalue weighted by Gasteiger charge is 2.07. The zero-order valence-electron chi connectivity index (χ0n) is 27.0. The first-order valence-corrected chi connectivity index (χ1v) is 16.8. The van der Waals surface area contributed by atoms with Gasteiger partial charge >= 0.3 is 5.97 Å². The molecule has 0 radical (unpaired) electrons. The minimum atomic E-state index is -0.0125. The van der Waals surface area contributed by atoms with Crippen molar-refractivity contribution in [2.75, 3.05) is 46.9 Å². The van der Waals surface area contributed by atoms with Crippen LogP contribution in [0.3, 0.4) is 0 Å². The Morgan fingerprint density at radius 2 is 1.18 bits per heavy atom. The molecule has 0 aromatic heterocycles. The number of unbranched alkanes of at least 4 members (excludes halogenated alkanes) is 16. The number of nitriles is 1. The number of guanidine groups is 1. The van der Waals surface area contributed by atoms with E-state index >= 15 is 0 Å². The number of rotatable bonds is 28. The van der Waals surface area contributed by atoms with Gasteiger partial charge in [0.25, 0.3) is 0 Å². The van der Waals surface area contributed by atoms with Gasteiger partial charge < -0.3 is 14.5 Å². The number of hydrogen-bond donors (Lipinski definition) is 1. The van der Waals surface area contributed by atoms with E-state index in [4.69, 9.17) is 10.00 Å². The molecule has 0 aromatic rings. The fraction of sp³-hybridized carbons (Fsp3) is 0.909. The van der Waals surface area contributed by atoms with E-state index in [0.29, 0.717) is 19.0 Å². The SMILES string of the molecule is CCCCCCCCCOC(=O)CCCCCCCN(CCCCCCCC)CCCCN=C(NC#N)N(C)C. The molecule has 7 nitrogen and oxygen atoms in total. The fourth-order valence-corrected chi connectivity index (χ4v) is 4.88. The first-order chi connectivity index (χ1) is 19.5. The summed E-state index contributed by atoms with van der Waals surface area (Å²) < 4.78 is 5.42. The summed E-state index contributed by atoms with van der Waals surface area (Å²) in [6, 6.07) is 0. The largest absolute Gasteiger partial charge is 0.466 e. The van der Waals surface area contributed by atoms with E-state index in [1.807, 2.05) is 25.2 Å². The third-order valence-electron chi connectivity index (χ3n) is 7.43. The highest BCUT2D eigenvalue weighted by Crippen LogP contribution is 2.11. The molecule has 7 heteroatoms. The number of hydrogen-bond acceptors (Lipinski definition) is 5. The zero-order valence-corrected chi connectivity index (χ0v) is 27.0. The van der Waals surface area contributed by atoms with Crippen molar-refractivity contribution in [2.45, 2.75) is 149 Å². The summed E-state index contributed by atoms with van der Waals surface area (Å²) in [6.07, 6.45) is 27.2. The maximum absolute atomic E-state index is 12.0. The van der Waals surface area contributed by atoms with E-state index in [1.165, 1.54) is 103 Å². The molecule has 40 heavy (non-hydrogen) atoms. The van der Waals surface area contributed by atoms with Gasteiger partial charge in [0.15, 0.2) is 6.19 Å². The van der Waals surface area contributed by atoms with Crippen molar-refractivity contribution in [2.24, 2.45) is 4.99 Å². The van der Waals surface area contributed by atoms with Gasteiger partial charge in [-0.1, -0.05) is 104 Å². The second kappa shape index (κ2) is 30.2. The van der Waals surface area contributed by atoms with Crippen LogP contribution in [0.5, 0.6) is 0 Å². The monoisotopic (exact) mass is 564 g/mol. The van der Waals surface area contributed by atoms with E-state index in [0.717, 1.165) is 51.7 Å². The van der Waals surface area contributed by atoms with Gasteiger partial charge in [-0.2, -0.15) is 5.26 Å². The second-order valence-corrected chi connectivity index (χ2v) is 11.5. The van der Waals surface area contributed by atoms with Crippen LogP contribution in [0, 0.1) is 11.5 Å². The van der Waals surface area contributed by atoms with E-state index in [-0.39, 0.29) is 5.97 Å². The van der Waals surface area contributed by atoms with Gasteiger partial charge in [0.2, 0.25) is 5.96 Å². The Morgan fingerprint density at radius 3 is 1.70 bits per heavy atom. The number of nitrogens with zero attached hydrogens (tertiary/aromatic N) is 4. The quantitative estimate of drug-likeness (QED) is 0.0259. The number of nitrogens with one attached hydrogen (secondary N) is 1. The van der Waals surface area contributed by atoms with Gasteiger partial charge in [0, 0.05) is 27.1 Å². The summed E-state index contributed by atoms with van der Waals surface area (Å²) in [7, 11) is 3.80. The molecule has 0 spiro atoms. The molecule has 0 amide bonds. The lowest BCUT2D eigenvalue weighted by atomic mass is 10.1. The van der Waals surface area contributed by atoms with Crippen molar-refractivity contribution in [3.05, 3.63) is 0 Å². The van der Waals surface area contributed by atoms with Crippen LogP contribution in [0.25, 0.3) is 0 Å². The molecule has 0 fully saturated rings. The van der Waals surface area contributed by atoms with Crippen LogP contribution in [0.4, 0.5) is 0 Å². The van der Waals surface area contributed by atoms with Crippen LogP contribution in [0.2, 0.25) is 0 Å². The smallest absolute Gasteiger partial charge is 0.305 e. The van der Waals surface area contributed by atoms with E-state index in [2.05, 4.69) is 29.1 Å². The normalized spacial score (nSPS) is 11.6. The van der Waals surface area contributed by atoms with Crippen LogP contribution >= 0.6 is 0 Å². The van der Waals surface area contributed by atoms with Crippen molar-refractivity contribution >= 4 is 11.9 Å². The van der Waals surface area contributed by atoms with Gasteiger partial charge in [0.1, 0.15) is 0 Å². The predicted octanol–water partition coefficient (Wildman–Crippen LogP) is 8.05. The van der Waals surface area contributed by atoms with Crippen molar-refractivity contribution in [3.8, 4) is 6.19 Å². The zero-order chi connectivity index (χ0) is 29.5. The Kier molecular flexibility index (Phi) is 28.8. The first-order valence-electron chi connectivity index (χ1n) is 16.8. The van der Waals surface area contributed by atoms with E-state index in [9.17, 15) is 4.79 Å². The molecule has 1 N–H and O–H groups in total. The number of carbonyl (C=O) groups excluding carboxylic acids is 1. The topological polar surface area (TPSA) is 81.0 Å². The maximum Gasteiger partial charge on any atom is 0.305 e. The molecule has 0 heterocycles. The van der Waals surface area contributed by atoms with Crippen molar-refractivity contribution in [1.82, 2.24) is 15.1 Å². The van der Waals surface area contributed by atoms with Gasteiger partial charge in [-0.3, -0.25) is 15.1 Å². The molecule has 0 aromatic carbocycles. The van der Waals surface area contributed by atoms with E-state index < -0.39 is 0 Å². The van der Waals surface area contributed by atoms with E-state index in [1.54, 1.807) is 0 Å².